The molecule has 0 heterocycles. The lowest BCUT2D eigenvalue weighted by atomic mass is 10.2. The van der Waals surface area contributed by atoms with Crippen LogP contribution in [0.25, 0.3) is 0 Å². The van der Waals surface area contributed by atoms with E-state index in [-0.39, 0.29) is 6.61 Å². The molecule has 18 heavy (non-hydrogen) atoms. The number of nitrogens with one attached hydrogen (secondary N) is 1. The summed E-state index contributed by atoms with van der Waals surface area (Å²) in [5, 5.41) is 3.89. The van der Waals surface area contributed by atoms with Crippen LogP contribution in [0.4, 0.5) is 0 Å². The van der Waals surface area contributed by atoms with Crippen molar-refractivity contribution in [2.45, 2.75) is 6.54 Å². The summed E-state index contributed by atoms with van der Waals surface area (Å²) in [7, 11) is 3.41. The fourth-order valence-corrected chi connectivity index (χ4v) is 1.80. The molecule has 0 radical (unpaired) electrons. The Hall–Kier alpha value is -0.610. The van der Waals surface area contributed by atoms with Gasteiger partial charge in [0.15, 0.2) is 11.5 Å². The maximum atomic E-state index is 6.15. The van der Waals surface area contributed by atoms with Gasteiger partial charge in [-0.05, 0) is 24.7 Å². The Kier molecular flexibility index (Phi) is 6.65. The van der Waals surface area contributed by atoms with E-state index in [9.17, 15) is 0 Å². The van der Waals surface area contributed by atoms with Crippen LogP contribution in [0.3, 0.4) is 0 Å². The van der Waals surface area contributed by atoms with Crippen molar-refractivity contribution in [2.75, 3.05) is 20.8 Å². The van der Waals surface area contributed by atoms with Gasteiger partial charge >= 0.3 is 0 Å². The Morgan fingerprint density at radius 1 is 1.44 bits per heavy atom. The van der Waals surface area contributed by atoms with Crippen LogP contribution in [-0.4, -0.2) is 20.8 Å². The molecular weight excluding hydrogens is 296 g/mol. The second-order valence-corrected chi connectivity index (χ2v) is 4.59. The SMILES string of the molecule is CNCc1cc(Cl)c(OCC(Cl)=CCl)c(OC)c1. The normalized spacial score (nSPS) is 11.5. The number of rotatable bonds is 6. The molecule has 6 heteroatoms. The number of benzene rings is 1. The van der Waals surface area contributed by atoms with Crippen molar-refractivity contribution in [2.24, 2.45) is 0 Å². The van der Waals surface area contributed by atoms with Gasteiger partial charge in [0.05, 0.1) is 17.2 Å². The lowest BCUT2D eigenvalue weighted by Crippen LogP contribution is -2.06. The van der Waals surface area contributed by atoms with E-state index in [1.54, 1.807) is 7.11 Å². The van der Waals surface area contributed by atoms with Crippen LogP contribution in [0, 0.1) is 0 Å². The van der Waals surface area contributed by atoms with Gasteiger partial charge in [-0.3, -0.25) is 0 Å². The van der Waals surface area contributed by atoms with Gasteiger partial charge in [0.2, 0.25) is 0 Å². The highest BCUT2D eigenvalue weighted by molar-refractivity contribution is 6.36. The standard InChI is InChI=1S/C12H14Cl3NO2/c1-16-6-8-3-10(15)12(11(4-8)17-2)18-7-9(14)5-13/h3-5,16H,6-7H2,1-2H3. The van der Waals surface area contributed by atoms with Crippen molar-refractivity contribution in [1.29, 1.82) is 0 Å². The zero-order valence-electron chi connectivity index (χ0n) is 10.1. The van der Waals surface area contributed by atoms with Crippen LogP contribution in [0.5, 0.6) is 11.5 Å². The zero-order chi connectivity index (χ0) is 13.5. The largest absolute Gasteiger partial charge is 0.493 e. The summed E-state index contributed by atoms with van der Waals surface area (Å²) in [6.07, 6.45) is 0. The van der Waals surface area contributed by atoms with Gasteiger partial charge in [-0.15, -0.1) is 0 Å². The third kappa shape index (κ3) is 4.25. The first-order valence-corrected chi connectivity index (χ1v) is 6.40. The Bertz CT molecular complexity index is 436. The van der Waals surface area contributed by atoms with Crippen LogP contribution in [0.2, 0.25) is 5.02 Å². The number of halogens is 3. The van der Waals surface area contributed by atoms with Gasteiger partial charge in [0, 0.05) is 12.1 Å². The predicted octanol–water partition coefficient (Wildman–Crippen LogP) is 3.77. The Morgan fingerprint density at radius 2 is 2.17 bits per heavy atom. The van der Waals surface area contributed by atoms with E-state index >= 15 is 0 Å². The first kappa shape index (κ1) is 15.4. The number of ether oxygens (including phenoxy) is 2. The molecule has 0 aliphatic rings. The average Bonchev–Trinajstić information content (AvgIpc) is 2.36. The molecule has 0 unspecified atom stereocenters. The van der Waals surface area contributed by atoms with Crippen molar-refractivity contribution in [3.05, 3.63) is 33.3 Å². The van der Waals surface area contributed by atoms with E-state index in [0.717, 1.165) is 5.56 Å². The molecule has 0 aliphatic carbocycles. The van der Waals surface area contributed by atoms with Crippen LogP contribution in [0.15, 0.2) is 22.7 Å². The molecule has 1 N–H and O–H groups in total. The molecule has 0 aromatic heterocycles. The molecular formula is C12H14Cl3NO2. The molecule has 0 atom stereocenters. The Morgan fingerprint density at radius 3 is 2.72 bits per heavy atom. The van der Waals surface area contributed by atoms with Crippen molar-refractivity contribution in [3.8, 4) is 11.5 Å². The Balaban J connectivity index is 2.96. The van der Waals surface area contributed by atoms with Gasteiger partial charge in [-0.2, -0.15) is 0 Å². The lowest BCUT2D eigenvalue weighted by molar-refractivity contribution is 0.324. The van der Waals surface area contributed by atoms with E-state index in [2.05, 4.69) is 5.32 Å². The summed E-state index contributed by atoms with van der Waals surface area (Å²) in [6.45, 7) is 0.839. The summed E-state index contributed by atoms with van der Waals surface area (Å²) in [5.41, 5.74) is 2.25. The third-order valence-electron chi connectivity index (χ3n) is 2.14. The molecule has 1 rings (SSSR count). The lowest BCUT2D eigenvalue weighted by Gasteiger charge is -2.13. The highest BCUT2D eigenvalue weighted by atomic mass is 35.5. The molecule has 0 saturated carbocycles. The molecule has 0 amide bonds. The number of methoxy groups -OCH3 is 1. The minimum atomic E-state index is 0.145. The van der Waals surface area contributed by atoms with Crippen molar-refractivity contribution in [3.63, 3.8) is 0 Å². The highest BCUT2D eigenvalue weighted by Crippen LogP contribution is 2.36. The number of hydrogen-bond donors (Lipinski definition) is 1. The number of hydrogen-bond acceptors (Lipinski definition) is 3. The molecule has 0 aliphatic heterocycles. The summed E-state index contributed by atoms with van der Waals surface area (Å²) in [6, 6.07) is 3.67. The molecule has 0 bridgehead atoms. The van der Waals surface area contributed by atoms with E-state index in [1.807, 2.05) is 19.2 Å². The first-order chi connectivity index (χ1) is 8.62. The second-order valence-electron chi connectivity index (χ2n) is 3.48. The molecule has 100 valence electrons. The summed E-state index contributed by atoms with van der Waals surface area (Å²) < 4.78 is 10.7. The zero-order valence-corrected chi connectivity index (χ0v) is 12.4. The summed E-state index contributed by atoms with van der Waals surface area (Å²) in [4.78, 5) is 0. The van der Waals surface area contributed by atoms with Crippen molar-refractivity contribution < 1.29 is 9.47 Å². The summed E-state index contributed by atoms with van der Waals surface area (Å²) in [5.74, 6) is 1.02. The van der Waals surface area contributed by atoms with Gasteiger partial charge in [-0.1, -0.05) is 34.8 Å². The summed E-state index contributed by atoms with van der Waals surface area (Å²) >= 11 is 17.4. The molecule has 0 saturated heterocycles. The average molecular weight is 311 g/mol. The van der Waals surface area contributed by atoms with Gasteiger partial charge in [-0.25, -0.2) is 0 Å². The van der Waals surface area contributed by atoms with E-state index in [1.165, 1.54) is 5.54 Å². The van der Waals surface area contributed by atoms with E-state index < -0.39 is 0 Å². The molecule has 3 nitrogen and oxygen atoms in total. The molecule has 1 aromatic rings. The van der Waals surface area contributed by atoms with Crippen LogP contribution in [-0.2, 0) is 6.54 Å². The topological polar surface area (TPSA) is 30.5 Å². The quantitative estimate of drug-likeness (QED) is 0.867. The van der Waals surface area contributed by atoms with Crippen LogP contribution in [0.1, 0.15) is 5.56 Å². The maximum Gasteiger partial charge on any atom is 0.180 e. The molecule has 0 fully saturated rings. The van der Waals surface area contributed by atoms with E-state index in [4.69, 9.17) is 44.3 Å². The highest BCUT2D eigenvalue weighted by Gasteiger charge is 2.12. The smallest absolute Gasteiger partial charge is 0.180 e. The first-order valence-electron chi connectivity index (χ1n) is 5.21. The maximum absolute atomic E-state index is 6.15. The fraction of sp³-hybridized carbons (Fsp3) is 0.333. The van der Waals surface area contributed by atoms with Crippen molar-refractivity contribution in [1.82, 2.24) is 5.32 Å². The van der Waals surface area contributed by atoms with Gasteiger partial charge < -0.3 is 14.8 Å². The molecule has 0 spiro atoms. The van der Waals surface area contributed by atoms with Crippen molar-refractivity contribution >= 4 is 34.8 Å². The van der Waals surface area contributed by atoms with Gasteiger partial charge in [0.1, 0.15) is 6.61 Å². The third-order valence-corrected chi connectivity index (χ3v) is 3.02. The second kappa shape index (κ2) is 7.74. The fourth-order valence-electron chi connectivity index (χ4n) is 1.39. The van der Waals surface area contributed by atoms with Crippen LogP contribution < -0.4 is 14.8 Å². The Labute approximate surface area is 122 Å². The minimum Gasteiger partial charge on any atom is -0.493 e. The monoisotopic (exact) mass is 309 g/mol. The minimum absolute atomic E-state index is 0.145. The van der Waals surface area contributed by atoms with E-state index in [0.29, 0.717) is 28.1 Å². The molecule has 1 aromatic carbocycles. The van der Waals surface area contributed by atoms with Gasteiger partial charge in [0.25, 0.3) is 0 Å². The van der Waals surface area contributed by atoms with Crippen LogP contribution >= 0.6 is 34.8 Å². The predicted molar refractivity (Wildman–Crippen MR) is 76.1 cm³/mol.